The molecule has 3 heterocycles. The number of hydrogen-bond acceptors (Lipinski definition) is 6. The molecule has 1 spiro atoms. The van der Waals surface area contributed by atoms with E-state index in [-0.39, 0.29) is 31.9 Å². The maximum Gasteiger partial charge on any atom is 0.250 e. The Morgan fingerprint density at radius 1 is 1.31 bits per heavy atom. The third-order valence-corrected chi connectivity index (χ3v) is 6.33. The van der Waals surface area contributed by atoms with E-state index in [0.29, 0.717) is 16.3 Å². The number of benzene rings is 1. The van der Waals surface area contributed by atoms with Gasteiger partial charge in [0.25, 0.3) is 0 Å². The number of rotatable bonds is 6. The van der Waals surface area contributed by atoms with Crippen LogP contribution < -0.4 is 16.4 Å². The lowest BCUT2D eigenvalue weighted by Gasteiger charge is -2.29. The Kier molecular flexibility index (Phi) is 4.84. The molecule has 9 nitrogen and oxygen atoms in total. The number of nitrogens with one attached hydrogen (secondary N) is 2. The number of halogens is 1. The summed E-state index contributed by atoms with van der Waals surface area (Å²) in [4.78, 5) is 52.1. The molecule has 10 heteroatoms. The summed E-state index contributed by atoms with van der Waals surface area (Å²) >= 11 is 6.26. The highest BCUT2D eigenvalue weighted by molar-refractivity contribution is 6.35. The standard InChI is InChI=1S/C19H21ClN4O5/c1-29-8-7-24-16(26)13-11(5-6-12(21)25)23-19(14(13)17(24)27)9-3-2-4-10(20)15(9)22-18(19)28/h2-4,11,13-14,23H,5-8H2,1H3,(H2,21,25)(H,22,28)/t11-,13-,14+,19-/m1/s1. The van der Waals surface area contributed by atoms with Crippen molar-refractivity contribution in [3.05, 3.63) is 28.8 Å². The largest absolute Gasteiger partial charge is 0.383 e. The number of nitrogens with two attached hydrogens (primary N) is 1. The number of imide groups is 1. The molecule has 29 heavy (non-hydrogen) atoms. The molecule has 2 saturated heterocycles. The van der Waals surface area contributed by atoms with Crippen molar-refractivity contribution in [2.75, 3.05) is 25.6 Å². The maximum absolute atomic E-state index is 13.3. The van der Waals surface area contributed by atoms with Crippen molar-refractivity contribution in [1.82, 2.24) is 10.2 Å². The minimum absolute atomic E-state index is 0.0283. The van der Waals surface area contributed by atoms with Crippen LogP contribution in [0, 0.1) is 11.8 Å². The third-order valence-electron chi connectivity index (χ3n) is 6.01. The van der Waals surface area contributed by atoms with Crippen molar-refractivity contribution in [3.8, 4) is 0 Å². The molecule has 0 saturated carbocycles. The lowest BCUT2D eigenvalue weighted by Crippen LogP contribution is -2.53. The molecule has 0 radical (unpaired) electrons. The Morgan fingerprint density at radius 2 is 2.07 bits per heavy atom. The minimum Gasteiger partial charge on any atom is -0.383 e. The van der Waals surface area contributed by atoms with E-state index in [9.17, 15) is 19.2 Å². The van der Waals surface area contributed by atoms with Crippen LogP contribution in [0.3, 0.4) is 0 Å². The molecule has 3 aliphatic heterocycles. The molecular formula is C19H21ClN4O5. The van der Waals surface area contributed by atoms with Crippen molar-refractivity contribution in [1.29, 1.82) is 0 Å². The van der Waals surface area contributed by atoms with Crippen molar-refractivity contribution in [2.24, 2.45) is 17.6 Å². The first-order valence-corrected chi connectivity index (χ1v) is 9.71. The van der Waals surface area contributed by atoms with Gasteiger partial charge in [0, 0.05) is 25.1 Å². The number of primary amides is 1. The van der Waals surface area contributed by atoms with Crippen LogP contribution in [0.5, 0.6) is 0 Å². The normalized spacial score (nSPS) is 30.1. The van der Waals surface area contributed by atoms with E-state index >= 15 is 0 Å². The lowest BCUT2D eigenvalue weighted by atomic mass is 9.76. The van der Waals surface area contributed by atoms with Crippen molar-refractivity contribution < 1.29 is 23.9 Å². The lowest BCUT2D eigenvalue weighted by molar-refractivity contribution is -0.143. The molecule has 4 N–H and O–H groups in total. The van der Waals surface area contributed by atoms with Crippen LogP contribution in [0.2, 0.25) is 5.02 Å². The van der Waals surface area contributed by atoms with Crippen LogP contribution in [-0.4, -0.2) is 54.8 Å². The van der Waals surface area contributed by atoms with Gasteiger partial charge in [0.2, 0.25) is 23.6 Å². The topological polar surface area (TPSA) is 131 Å². The van der Waals surface area contributed by atoms with Gasteiger partial charge < -0.3 is 15.8 Å². The van der Waals surface area contributed by atoms with Crippen LogP contribution >= 0.6 is 11.6 Å². The van der Waals surface area contributed by atoms with Gasteiger partial charge >= 0.3 is 0 Å². The van der Waals surface area contributed by atoms with Crippen LogP contribution in [0.15, 0.2) is 18.2 Å². The van der Waals surface area contributed by atoms with Gasteiger partial charge in [-0.15, -0.1) is 0 Å². The Bertz CT molecular complexity index is 922. The first-order chi connectivity index (χ1) is 13.8. The molecule has 0 aliphatic carbocycles. The van der Waals surface area contributed by atoms with Crippen LogP contribution in [-0.2, 0) is 29.5 Å². The van der Waals surface area contributed by atoms with Gasteiger partial charge in [0.05, 0.1) is 35.7 Å². The Morgan fingerprint density at radius 3 is 2.76 bits per heavy atom. The molecule has 0 bridgehead atoms. The summed E-state index contributed by atoms with van der Waals surface area (Å²) in [5, 5.41) is 6.32. The molecule has 4 atom stereocenters. The number of carbonyl (C=O) groups excluding carboxylic acids is 4. The number of amides is 4. The molecule has 1 aromatic rings. The molecule has 0 unspecified atom stereocenters. The molecule has 4 amide bonds. The summed E-state index contributed by atoms with van der Waals surface area (Å²) in [7, 11) is 1.48. The molecule has 3 aliphatic rings. The average Bonchev–Trinajstić information content (AvgIpc) is 3.25. The van der Waals surface area contributed by atoms with Gasteiger partial charge in [0.15, 0.2) is 0 Å². The fourth-order valence-electron chi connectivity index (χ4n) is 4.80. The van der Waals surface area contributed by atoms with Gasteiger partial charge in [-0.2, -0.15) is 0 Å². The first-order valence-electron chi connectivity index (χ1n) is 9.33. The quantitative estimate of drug-likeness (QED) is 0.554. The SMILES string of the molecule is COCCN1C(=O)[C@H]2[C@@H](C1=O)[C@@]1(N[C@@H]2CCC(N)=O)C(=O)Nc2c(Cl)cccc21. The fourth-order valence-corrected chi connectivity index (χ4v) is 5.02. The van der Waals surface area contributed by atoms with Crippen molar-refractivity contribution in [3.63, 3.8) is 0 Å². The summed E-state index contributed by atoms with van der Waals surface area (Å²) in [5.41, 5.74) is 4.82. The summed E-state index contributed by atoms with van der Waals surface area (Å²) in [6.45, 7) is 0.293. The predicted octanol–water partition coefficient (Wildman–Crippen LogP) is -0.0277. The smallest absolute Gasteiger partial charge is 0.250 e. The van der Waals surface area contributed by atoms with E-state index in [0.717, 1.165) is 4.90 Å². The minimum atomic E-state index is -1.43. The maximum atomic E-state index is 13.3. The monoisotopic (exact) mass is 420 g/mol. The van der Waals surface area contributed by atoms with E-state index in [2.05, 4.69) is 10.6 Å². The van der Waals surface area contributed by atoms with E-state index < -0.39 is 41.1 Å². The number of anilines is 1. The second-order valence-electron chi connectivity index (χ2n) is 7.50. The van der Waals surface area contributed by atoms with Crippen molar-refractivity contribution >= 4 is 40.9 Å². The molecule has 154 valence electrons. The molecular weight excluding hydrogens is 400 g/mol. The zero-order chi connectivity index (χ0) is 20.9. The number of likely N-dealkylation sites (tertiary alicyclic amines) is 1. The highest BCUT2D eigenvalue weighted by Gasteiger charge is 2.70. The van der Waals surface area contributed by atoms with Gasteiger partial charge in [-0.05, 0) is 12.5 Å². The Balaban J connectivity index is 1.81. The summed E-state index contributed by atoms with van der Waals surface area (Å²) in [6.07, 6.45) is 0.263. The predicted molar refractivity (Wildman–Crippen MR) is 103 cm³/mol. The van der Waals surface area contributed by atoms with E-state index in [1.54, 1.807) is 18.2 Å². The number of fused-ring (bicyclic) bond motifs is 4. The number of carbonyl (C=O) groups is 4. The first kappa shape index (κ1) is 19.8. The molecule has 1 aromatic carbocycles. The van der Waals surface area contributed by atoms with Gasteiger partial charge in [0.1, 0.15) is 5.54 Å². The van der Waals surface area contributed by atoms with Gasteiger partial charge in [-0.1, -0.05) is 23.7 Å². The summed E-state index contributed by atoms with van der Waals surface area (Å²) in [5.74, 6) is -3.49. The van der Waals surface area contributed by atoms with Gasteiger partial charge in [-0.25, -0.2) is 0 Å². The Hall–Kier alpha value is -2.49. The van der Waals surface area contributed by atoms with E-state index in [1.165, 1.54) is 7.11 Å². The van der Waals surface area contributed by atoms with Crippen LogP contribution in [0.1, 0.15) is 18.4 Å². The average molecular weight is 421 g/mol. The van der Waals surface area contributed by atoms with Crippen molar-refractivity contribution in [2.45, 2.75) is 24.4 Å². The summed E-state index contributed by atoms with van der Waals surface area (Å²) in [6, 6.07) is 4.49. The van der Waals surface area contributed by atoms with E-state index in [4.69, 9.17) is 22.1 Å². The van der Waals surface area contributed by atoms with E-state index in [1.807, 2.05) is 0 Å². The number of nitrogens with zero attached hydrogens (tertiary/aromatic N) is 1. The third kappa shape index (κ3) is 2.76. The second-order valence-corrected chi connectivity index (χ2v) is 7.91. The number of methoxy groups -OCH3 is 1. The number of hydrogen-bond donors (Lipinski definition) is 3. The number of ether oxygens (including phenoxy) is 1. The second kappa shape index (κ2) is 7.08. The molecule has 4 rings (SSSR count). The molecule has 0 aromatic heterocycles. The Labute approximate surface area is 171 Å². The van der Waals surface area contributed by atoms with Crippen LogP contribution in [0.25, 0.3) is 0 Å². The number of para-hydroxylation sites is 1. The van der Waals surface area contributed by atoms with Crippen LogP contribution in [0.4, 0.5) is 5.69 Å². The van der Waals surface area contributed by atoms with Gasteiger partial charge in [-0.3, -0.25) is 29.4 Å². The summed E-state index contributed by atoms with van der Waals surface area (Å²) < 4.78 is 5.02. The fraction of sp³-hybridized carbons (Fsp3) is 0.474. The molecule has 2 fully saturated rings. The zero-order valence-electron chi connectivity index (χ0n) is 15.7. The highest BCUT2D eigenvalue weighted by atomic mass is 35.5. The highest BCUT2D eigenvalue weighted by Crippen LogP contribution is 2.54. The zero-order valence-corrected chi connectivity index (χ0v) is 16.5.